The van der Waals surface area contributed by atoms with Crippen LogP contribution in [0.1, 0.15) is 26.5 Å². The number of nitrogens with two attached hydrogens (primary N) is 1. The first-order valence-electron chi connectivity index (χ1n) is 4.78. The maximum absolute atomic E-state index is 5.81. The summed E-state index contributed by atoms with van der Waals surface area (Å²) in [6.07, 6.45) is 4.34. The lowest BCUT2D eigenvalue weighted by atomic mass is 9.95. The highest BCUT2D eigenvalue weighted by atomic mass is 14.9. The highest BCUT2D eigenvalue weighted by Crippen LogP contribution is 2.12. The number of rotatable bonds is 3. The van der Waals surface area contributed by atoms with Crippen LogP contribution in [0.25, 0.3) is 0 Å². The van der Waals surface area contributed by atoms with Gasteiger partial charge < -0.3 is 10.7 Å². The SMILES string of the molecule is CC(C)(C)C(N)=NCCc1cnc[nH]1. The van der Waals surface area contributed by atoms with E-state index in [2.05, 4.69) is 35.7 Å². The van der Waals surface area contributed by atoms with Crippen molar-refractivity contribution in [2.45, 2.75) is 27.2 Å². The second-order valence-electron chi connectivity index (χ2n) is 4.34. The lowest BCUT2D eigenvalue weighted by molar-refractivity contribution is 0.581. The third-order valence-electron chi connectivity index (χ3n) is 1.99. The first-order valence-corrected chi connectivity index (χ1v) is 4.78. The third kappa shape index (κ3) is 3.20. The van der Waals surface area contributed by atoms with E-state index in [9.17, 15) is 0 Å². The van der Waals surface area contributed by atoms with E-state index in [0.29, 0.717) is 12.4 Å². The number of aromatic amines is 1. The highest BCUT2D eigenvalue weighted by molar-refractivity contribution is 5.85. The van der Waals surface area contributed by atoms with Gasteiger partial charge in [0.2, 0.25) is 0 Å². The number of nitrogens with one attached hydrogen (secondary N) is 1. The molecule has 0 spiro atoms. The zero-order valence-corrected chi connectivity index (χ0v) is 9.04. The van der Waals surface area contributed by atoms with Gasteiger partial charge in [-0.1, -0.05) is 20.8 Å². The average molecular weight is 194 g/mol. The molecule has 14 heavy (non-hydrogen) atoms. The Morgan fingerprint density at radius 3 is 2.79 bits per heavy atom. The first-order chi connectivity index (χ1) is 6.50. The molecule has 0 aliphatic heterocycles. The zero-order chi connectivity index (χ0) is 10.6. The number of hydrogen-bond donors (Lipinski definition) is 2. The highest BCUT2D eigenvalue weighted by Gasteiger charge is 2.14. The summed E-state index contributed by atoms with van der Waals surface area (Å²) < 4.78 is 0. The van der Waals surface area contributed by atoms with Crippen LogP contribution < -0.4 is 5.73 Å². The Morgan fingerprint density at radius 2 is 2.29 bits per heavy atom. The smallest absolute Gasteiger partial charge is 0.0991 e. The Hall–Kier alpha value is -1.32. The van der Waals surface area contributed by atoms with Crippen LogP contribution >= 0.6 is 0 Å². The fraction of sp³-hybridized carbons (Fsp3) is 0.600. The molecule has 3 N–H and O–H groups in total. The molecule has 0 aliphatic carbocycles. The fourth-order valence-electron chi connectivity index (χ4n) is 0.955. The van der Waals surface area contributed by atoms with E-state index in [1.54, 1.807) is 6.33 Å². The van der Waals surface area contributed by atoms with Gasteiger partial charge in [-0.2, -0.15) is 0 Å². The van der Waals surface area contributed by atoms with E-state index in [1.165, 1.54) is 0 Å². The molecular weight excluding hydrogens is 176 g/mol. The van der Waals surface area contributed by atoms with Crippen LogP contribution in [0.15, 0.2) is 17.5 Å². The zero-order valence-electron chi connectivity index (χ0n) is 9.04. The van der Waals surface area contributed by atoms with E-state index < -0.39 is 0 Å². The molecule has 1 rings (SSSR count). The monoisotopic (exact) mass is 194 g/mol. The molecule has 4 nitrogen and oxygen atoms in total. The number of imidazole rings is 1. The lowest BCUT2D eigenvalue weighted by Gasteiger charge is -2.17. The molecule has 0 saturated heterocycles. The summed E-state index contributed by atoms with van der Waals surface area (Å²) in [5, 5.41) is 0. The maximum atomic E-state index is 5.81. The van der Waals surface area contributed by atoms with E-state index in [1.807, 2.05) is 6.20 Å². The Balaban J connectivity index is 2.41. The molecular formula is C10H18N4. The van der Waals surface area contributed by atoms with Gasteiger partial charge in [0.1, 0.15) is 0 Å². The summed E-state index contributed by atoms with van der Waals surface area (Å²) in [7, 11) is 0. The second kappa shape index (κ2) is 4.26. The van der Waals surface area contributed by atoms with E-state index >= 15 is 0 Å². The average Bonchev–Trinajstić information content (AvgIpc) is 2.55. The van der Waals surface area contributed by atoms with E-state index in [0.717, 1.165) is 12.1 Å². The van der Waals surface area contributed by atoms with Gasteiger partial charge in [0, 0.05) is 30.3 Å². The van der Waals surface area contributed by atoms with Gasteiger partial charge in [0.05, 0.1) is 12.2 Å². The van der Waals surface area contributed by atoms with Crippen molar-refractivity contribution in [2.24, 2.45) is 16.1 Å². The second-order valence-corrected chi connectivity index (χ2v) is 4.34. The molecule has 78 valence electrons. The number of H-pyrrole nitrogens is 1. The normalized spacial score (nSPS) is 13.2. The van der Waals surface area contributed by atoms with Crippen LogP contribution in [0.3, 0.4) is 0 Å². The molecule has 4 heteroatoms. The number of amidine groups is 1. The molecule has 0 fully saturated rings. The lowest BCUT2D eigenvalue weighted by Crippen LogP contribution is -2.29. The number of aromatic nitrogens is 2. The fourth-order valence-corrected chi connectivity index (χ4v) is 0.955. The van der Waals surface area contributed by atoms with Gasteiger partial charge in [-0.05, 0) is 0 Å². The minimum absolute atomic E-state index is 0.0337. The van der Waals surface area contributed by atoms with Crippen molar-refractivity contribution in [3.63, 3.8) is 0 Å². The predicted octanol–water partition coefficient (Wildman–Crippen LogP) is 1.36. The van der Waals surface area contributed by atoms with E-state index in [4.69, 9.17) is 5.73 Å². The quantitative estimate of drug-likeness (QED) is 0.563. The van der Waals surface area contributed by atoms with Crippen molar-refractivity contribution in [1.29, 1.82) is 0 Å². The van der Waals surface area contributed by atoms with Crippen LogP contribution in [0.4, 0.5) is 0 Å². The Bertz CT molecular complexity index is 292. The maximum Gasteiger partial charge on any atom is 0.0991 e. The molecule has 0 unspecified atom stereocenters. The molecule has 0 radical (unpaired) electrons. The third-order valence-corrected chi connectivity index (χ3v) is 1.99. The van der Waals surface area contributed by atoms with Crippen molar-refractivity contribution < 1.29 is 0 Å². The van der Waals surface area contributed by atoms with Crippen molar-refractivity contribution >= 4 is 5.84 Å². The standard InChI is InChI=1S/C10H18N4/c1-10(2,3)9(11)13-5-4-8-6-12-7-14-8/h6-7H,4-5H2,1-3H3,(H2,11,13)(H,12,14). The summed E-state index contributed by atoms with van der Waals surface area (Å²) in [4.78, 5) is 11.3. The van der Waals surface area contributed by atoms with Crippen LogP contribution in [-0.4, -0.2) is 22.3 Å². The largest absolute Gasteiger partial charge is 0.387 e. The van der Waals surface area contributed by atoms with Gasteiger partial charge >= 0.3 is 0 Å². The summed E-state index contributed by atoms with van der Waals surface area (Å²) in [6, 6.07) is 0. The molecule has 0 bridgehead atoms. The summed E-state index contributed by atoms with van der Waals surface area (Å²) >= 11 is 0. The van der Waals surface area contributed by atoms with Gasteiger partial charge in [-0.25, -0.2) is 4.98 Å². The van der Waals surface area contributed by atoms with Crippen molar-refractivity contribution in [2.75, 3.05) is 6.54 Å². The number of nitrogens with zero attached hydrogens (tertiary/aromatic N) is 2. The Labute approximate surface area is 84.7 Å². The molecule has 0 atom stereocenters. The van der Waals surface area contributed by atoms with Crippen molar-refractivity contribution in [3.8, 4) is 0 Å². The molecule has 0 saturated carbocycles. The van der Waals surface area contributed by atoms with Crippen molar-refractivity contribution in [3.05, 3.63) is 18.2 Å². The molecule has 0 aromatic carbocycles. The van der Waals surface area contributed by atoms with Gasteiger partial charge in [-0.15, -0.1) is 0 Å². The number of aliphatic imine (C=N–C) groups is 1. The minimum atomic E-state index is -0.0337. The van der Waals surface area contributed by atoms with Gasteiger partial charge in [0.25, 0.3) is 0 Å². The predicted molar refractivity (Wildman–Crippen MR) is 58.2 cm³/mol. The van der Waals surface area contributed by atoms with Crippen LogP contribution in [0.2, 0.25) is 0 Å². The summed E-state index contributed by atoms with van der Waals surface area (Å²) in [6.45, 7) is 6.89. The first kappa shape index (κ1) is 10.8. The molecule has 0 aliphatic rings. The van der Waals surface area contributed by atoms with E-state index in [-0.39, 0.29) is 5.41 Å². The van der Waals surface area contributed by atoms with Gasteiger partial charge in [-0.3, -0.25) is 4.99 Å². The molecule has 1 heterocycles. The molecule has 0 amide bonds. The molecule has 1 aromatic heterocycles. The van der Waals surface area contributed by atoms with Crippen LogP contribution in [0.5, 0.6) is 0 Å². The van der Waals surface area contributed by atoms with Crippen LogP contribution in [0, 0.1) is 5.41 Å². The van der Waals surface area contributed by atoms with Gasteiger partial charge in [0.15, 0.2) is 0 Å². The van der Waals surface area contributed by atoms with Crippen molar-refractivity contribution in [1.82, 2.24) is 9.97 Å². The topological polar surface area (TPSA) is 67.1 Å². The Morgan fingerprint density at radius 1 is 1.57 bits per heavy atom. The Kier molecular flexibility index (Phi) is 3.28. The van der Waals surface area contributed by atoms with Crippen LogP contribution in [-0.2, 0) is 6.42 Å². The summed E-state index contributed by atoms with van der Waals surface area (Å²) in [5.74, 6) is 0.706. The number of hydrogen-bond acceptors (Lipinski definition) is 2. The minimum Gasteiger partial charge on any atom is -0.387 e. The molecule has 1 aromatic rings. The summed E-state index contributed by atoms with van der Waals surface area (Å²) in [5.41, 5.74) is 6.87.